The van der Waals surface area contributed by atoms with Crippen molar-refractivity contribution in [2.24, 2.45) is 42.3 Å². The van der Waals surface area contributed by atoms with Crippen LogP contribution in [0, 0.1) is 0 Å². The number of halogens is 2. The van der Waals surface area contributed by atoms with Gasteiger partial charge in [-0.25, -0.2) is 34.1 Å². The molecule has 0 aromatic carbocycles. The number of carbonyl (C=O) groups excluding carboxylic acids is 3. The first-order valence-corrected chi connectivity index (χ1v) is 21.7. The van der Waals surface area contributed by atoms with Crippen molar-refractivity contribution in [2.75, 3.05) is 47.4 Å². The van der Waals surface area contributed by atoms with E-state index in [1.165, 1.54) is 86.5 Å². The van der Waals surface area contributed by atoms with Crippen LogP contribution in [0.25, 0.3) is 33.5 Å². The number of carboxylic acids is 1. The van der Waals surface area contributed by atoms with Crippen molar-refractivity contribution in [3.05, 3.63) is 81.5 Å². The van der Waals surface area contributed by atoms with Crippen LogP contribution >= 0.6 is 12.4 Å². The van der Waals surface area contributed by atoms with Gasteiger partial charge in [-0.1, -0.05) is 14.9 Å². The molecule has 5 N–H and O–H groups in total. The van der Waals surface area contributed by atoms with Crippen LogP contribution in [0.15, 0.2) is 47.7 Å². The third-order valence-corrected chi connectivity index (χ3v) is 10.2. The third kappa shape index (κ3) is 17.7. The molecule has 6 heterocycles. The molecule has 6 rings (SSSR count). The number of aliphatic carboxylic acids is 1. The van der Waals surface area contributed by atoms with Crippen molar-refractivity contribution in [2.45, 2.75) is 73.7 Å². The molecule has 0 saturated heterocycles. The number of carbonyl (C=O) groups is 5. The molecule has 6 aromatic heterocycles. The molecule has 3 amide bonds. The topological polar surface area (TPSA) is 360 Å². The van der Waals surface area contributed by atoms with E-state index in [0.29, 0.717) is 26.1 Å². The average Bonchev–Trinajstić information content (AvgIpc) is 4.08. The van der Waals surface area contributed by atoms with Gasteiger partial charge in [-0.3, -0.25) is 65.4 Å². The van der Waals surface area contributed by atoms with Crippen molar-refractivity contribution in [3.63, 3.8) is 0 Å². The highest BCUT2D eigenvalue weighted by Gasteiger charge is 2.21. The van der Waals surface area contributed by atoms with Crippen LogP contribution in [0.2, 0.25) is 0 Å². The number of carboxylic acid groups (broad SMARTS) is 2. The minimum Gasteiger partial charge on any atom is -0.483 e. The molecule has 0 atom stereocenters. The largest absolute Gasteiger partial charge is 0.483 e. The molecule has 76 heavy (non-hydrogen) atoms. The summed E-state index contributed by atoms with van der Waals surface area (Å²) in [5.41, 5.74) is -2.28. The molecule has 0 radical (unpaired) electrons. The number of ether oxygens (including phenoxy) is 1. The minimum absolute atomic E-state index is 0. The molecular weight excluding hydrogens is 1030 g/mol. The molecule has 426 valence electrons. The molecule has 0 aliphatic heterocycles. The monoisotopic (exact) mass is 1100 g/mol. The number of aromatic nitrogens is 12. The molecule has 0 aliphatic carbocycles. The van der Waals surface area contributed by atoms with Gasteiger partial charge in [0.25, 0.3) is 23.2 Å². The fourth-order valence-corrected chi connectivity index (χ4v) is 6.59. The molecule has 6 aromatic rings. The molecule has 0 bridgehead atoms. The molecule has 0 spiro atoms. The van der Waals surface area contributed by atoms with E-state index in [9.17, 15) is 52.3 Å². The van der Waals surface area contributed by atoms with Gasteiger partial charge in [-0.15, -0.1) is 12.4 Å². The summed E-state index contributed by atoms with van der Waals surface area (Å²) in [4.78, 5) is 140. The lowest BCUT2D eigenvalue weighted by molar-refractivity contribution is -0.137. The molecule has 30 nitrogen and oxygen atoms in total. The Labute approximate surface area is 441 Å². The Morgan fingerprint density at radius 1 is 0.671 bits per heavy atom. The van der Waals surface area contributed by atoms with Gasteiger partial charge in [-0.2, -0.15) is 0 Å². The number of nitrogens with zero attached hydrogens (tertiary/aromatic N) is 13. The lowest BCUT2D eigenvalue weighted by Crippen LogP contribution is -2.38. The molecule has 32 heteroatoms. The number of hydrogen-bond donors (Lipinski definition) is 5. The summed E-state index contributed by atoms with van der Waals surface area (Å²) in [6.07, 6.45) is 4.95. The van der Waals surface area contributed by atoms with Gasteiger partial charge >= 0.3 is 29.1 Å². The molecular formula is C44H72ClFN16O14. The first kappa shape index (κ1) is 67.8. The SMILES string of the molecule is C.C.CN(CCCNC(=O)Cn1cnc2c1c(=O)n(C)c(=O)n2C)C(=O)OC(C)(C)C.CNCCCNC(=O)Cn1cnc2c1c(=O)n(C)c(=O)n2C.Cl.Cn1c(=O)c2c(ncn2CC(=O)O)n(C)c1=O.O=CO.[2H]CF. The second-order valence-corrected chi connectivity index (χ2v) is 16.7. The number of rotatable bonds is 14. The fourth-order valence-electron chi connectivity index (χ4n) is 6.59. The Morgan fingerprint density at radius 2 is 0.987 bits per heavy atom. The summed E-state index contributed by atoms with van der Waals surface area (Å²) >= 11 is 0. The molecule has 0 fully saturated rings. The van der Waals surface area contributed by atoms with Crippen molar-refractivity contribution in [3.8, 4) is 0 Å². The predicted octanol–water partition coefficient (Wildman–Crippen LogP) is -1.53. The van der Waals surface area contributed by atoms with Gasteiger partial charge in [0.2, 0.25) is 11.8 Å². The predicted molar refractivity (Wildman–Crippen MR) is 283 cm³/mol. The van der Waals surface area contributed by atoms with Crippen LogP contribution in [0.5, 0.6) is 0 Å². The molecule has 0 unspecified atom stereocenters. The van der Waals surface area contributed by atoms with Crippen molar-refractivity contribution in [1.29, 1.82) is 0 Å². The minimum atomic E-state index is -1.08. The average molecular weight is 1100 g/mol. The van der Waals surface area contributed by atoms with Crippen LogP contribution in [0.4, 0.5) is 9.18 Å². The van der Waals surface area contributed by atoms with E-state index in [4.69, 9.17) is 21.1 Å². The van der Waals surface area contributed by atoms with Gasteiger partial charge in [0, 0.05) is 69.0 Å². The summed E-state index contributed by atoms with van der Waals surface area (Å²) in [7, 11) is 11.1. The number of imidazole rings is 3. The third-order valence-electron chi connectivity index (χ3n) is 10.2. The highest BCUT2D eigenvalue weighted by atomic mass is 35.5. The van der Waals surface area contributed by atoms with E-state index in [0.717, 1.165) is 26.7 Å². The van der Waals surface area contributed by atoms with Gasteiger partial charge in [0.1, 0.15) is 25.2 Å². The van der Waals surface area contributed by atoms with E-state index in [-0.39, 0.29) is 98.7 Å². The van der Waals surface area contributed by atoms with E-state index in [2.05, 4.69) is 30.9 Å². The first-order chi connectivity index (χ1) is 34.6. The zero-order valence-corrected chi connectivity index (χ0v) is 43.6. The van der Waals surface area contributed by atoms with E-state index in [1.54, 1.807) is 34.9 Å². The Bertz CT molecular complexity index is 3320. The van der Waals surface area contributed by atoms with Crippen molar-refractivity contribution >= 4 is 76.2 Å². The molecule has 0 aliphatic rings. The normalized spacial score (nSPS) is 10.4. The summed E-state index contributed by atoms with van der Waals surface area (Å²) in [6, 6.07) is 0. The zero-order chi connectivity index (χ0) is 56.4. The second-order valence-electron chi connectivity index (χ2n) is 16.7. The van der Waals surface area contributed by atoms with Gasteiger partial charge < -0.3 is 49.5 Å². The smallest absolute Gasteiger partial charge is 0.410 e. The maximum atomic E-state index is 12.4. The number of fused-ring (bicyclic) bond motifs is 3. The second kappa shape index (κ2) is 31.5. The van der Waals surface area contributed by atoms with E-state index >= 15 is 0 Å². The Balaban J connectivity index is 0. The van der Waals surface area contributed by atoms with E-state index < -0.39 is 58.6 Å². The summed E-state index contributed by atoms with van der Waals surface area (Å²) < 4.78 is 31.5. The van der Waals surface area contributed by atoms with Crippen LogP contribution in [-0.4, -0.2) is 155 Å². The Kier molecular flexibility index (Phi) is 28.1. The summed E-state index contributed by atoms with van der Waals surface area (Å²) in [5, 5.41) is 24.1. The maximum Gasteiger partial charge on any atom is 0.410 e. The van der Waals surface area contributed by atoms with Gasteiger partial charge in [0.15, 0.2) is 33.5 Å². The lowest BCUT2D eigenvalue weighted by atomic mass is 10.2. The van der Waals surface area contributed by atoms with Crippen LogP contribution in [-0.2, 0) is 85.8 Å². The number of alkyl halides is 1. The Hall–Kier alpha value is -8.22. The van der Waals surface area contributed by atoms with Crippen LogP contribution in [0.3, 0.4) is 0 Å². The molecule has 0 saturated carbocycles. The summed E-state index contributed by atoms with van der Waals surface area (Å²) in [6.45, 7) is 6.80. The number of aryl methyl sites for hydroxylation is 3. The first-order valence-electron chi connectivity index (χ1n) is 22.5. The van der Waals surface area contributed by atoms with Crippen molar-refractivity contribution < 1.29 is 44.7 Å². The summed E-state index contributed by atoms with van der Waals surface area (Å²) in [5.74, 6) is -1.59. The van der Waals surface area contributed by atoms with Gasteiger partial charge in [-0.05, 0) is 47.2 Å². The van der Waals surface area contributed by atoms with Crippen LogP contribution < -0.4 is 49.7 Å². The van der Waals surface area contributed by atoms with E-state index in [1.807, 2.05) is 7.05 Å². The van der Waals surface area contributed by atoms with Crippen LogP contribution in [0.1, 0.15) is 49.8 Å². The highest BCUT2D eigenvalue weighted by Crippen LogP contribution is 2.10. The lowest BCUT2D eigenvalue weighted by Gasteiger charge is -2.24. The number of amides is 3. The fraction of sp³-hybridized carbons (Fsp3) is 0.545. The maximum absolute atomic E-state index is 12.4. The van der Waals surface area contributed by atoms with Gasteiger partial charge in [0.05, 0.1) is 27.5 Å². The zero-order valence-electron chi connectivity index (χ0n) is 43.8. The van der Waals surface area contributed by atoms with Crippen molar-refractivity contribution in [1.82, 2.24) is 76.9 Å². The number of hydrogen-bond acceptors (Lipinski definition) is 16. The standard InChI is InChI=1S/C18H28N6O5.C13H20N6O3.C9H10N4O4.CH3F.CH2O2.2CH4.ClH/c1-18(2,3)29-17(28)21(4)9-7-8-19-12(25)10-24-11-20-14-13(24)15(26)23(6)16(27)22(14)5;1-14-5-4-6-15-9(20)7-19-8-16-11-10(19)12(21)18(3)13(22)17(11)2;1-11-7-6(8(16)12(2)9(11)17)13(4-10-7)3-5(14)15;1-2;2-1-3;;;/h11H,7-10H2,1-6H3,(H,19,25);8,14H,4-7H2,1-3H3,(H,15,20);4H,3H2,1-2H3,(H,14,15);1H3;1H,(H,2,3);2*1H4;1H/i;;;1D;;;;. The Morgan fingerprint density at radius 3 is 1.29 bits per heavy atom. The highest BCUT2D eigenvalue weighted by molar-refractivity contribution is 5.85. The quantitative estimate of drug-likeness (QED) is 0.0610. The number of nitrogens with one attached hydrogen (secondary N) is 3.